The zero-order valence-corrected chi connectivity index (χ0v) is 18.1. The Morgan fingerprint density at radius 1 is 1.36 bits per heavy atom. The van der Waals surface area contributed by atoms with Crippen LogP contribution in [0.4, 0.5) is 0 Å². The molecule has 0 bridgehead atoms. The Morgan fingerprint density at radius 2 is 2.12 bits per heavy atom. The molecule has 0 aliphatic heterocycles. The molecule has 1 rings (SSSR count). The van der Waals surface area contributed by atoms with Crippen LogP contribution in [0, 0.1) is 23.2 Å². The van der Waals surface area contributed by atoms with Crippen molar-refractivity contribution in [1.82, 2.24) is 10.2 Å². The molecule has 1 fully saturated rings. The fourth-order valence-corrected chi connectivity index (χ4v) is 4.72. The molecule has 0 amide bonds. The highest BCUT2D eigenvalue weighted by molar-refractivity contribution is 8.03. The Kier molecular flexibility index (Phi) is 11.8. The van der Waals surface area contributed by atoms with Crippen LogP contribution in [0.15, 0.2) is 11.0 Å². The molecule has 3 nitrogen and oxygen atoms in total. The molecule has 0 saturated heterocycles. The van der Waals surface area contributed by atoms with E-state index in [4.69, 9.17) is 5.41 Å². The van der Waals surface area contributed by atoms with Crippen molar-refractivity contribution in [3.05, 3.63) is 11.0 Å². The molecule has 25 heavy (non-hydrogen) atoms. The first-order valence-electron chi connectivity index (χ1n) is 10.3. The molecule has 0 heterocycles. The third-order valence-electron chi connectivity index (χ3n) is 5.04. The van der Waals surface area contributed by atoms with Gasteiger partial charge in [0.05, 0.1) is 0 Å². The predicted molar refractivity (Wildman–Crippen MR) is 115 cm³/mol. The molecule has 3 atom stereocenters. The van der Waals surface area contributed by atoms with Gasteiger partial charge in [-0.25, -0.2) is 0 Å². The molecule has 0 aromatic carbocycles. The topological polar surface area (TPSA) is 39.1 Å². The van der Waals surface area contributed by atoms with Gasteiger partial charge in [0.1, 0.15) is 0 Å². The molecule has 0 aromatic rings. The first-order valence-corrected chi connectivity index (χ1v) is 11.2. The largest absolute Gasteiger partial charge is 0.310 e. The molecular formula is C21H41N3S. The van der Waals surface area contributed by atoms with Crippen molar-refractivity contribution in [3.8, 4) is 0 Å². The summed E-state index contributed by atoms with van der Waals surface area (Å²) in [6.45, 7) is 12.1. The van der Waals surface area contributed by atoms with Crippen LogP contribution >= 0.6 is 11.8 Å². The van der Waals surface area contributed by atoms with Gasteiger partial charge in [-0.15, -0.1) is 11.8 Å². The van der Waals surface area contributed by atoms with Crippen LogP contribution in [0.3, 0.4) is 0 Å². The van der Waals surface area contributed by atoms with E-state index in [0.717, 1.165) is 48.9 Å². The third kappa shape index (κ3) is 9.81. The zero-order chi connectivity index (χ0) is 18.7. The Bertz CT molecular complexity index is 408. The summed E-state index contributed by atoms with van der Waals surface area (Å²) in [4.78, 5) is 3.98. The van der Waals surface area contributed by atoms with E-state index in [1.54, 1.807) is 4.91 Å². The first kappa shape index (κ1) is 22.7. The molecule has 0 spiro atoms. The van der Waals surface area contributed by atoms with Gasteiger partial charge < -0.3 is 10.7 Å². The first-order chi connectivity index (χ1) is 12.0. The lowest BCUT2D eigenvalue weighted by molar-refractivity contribution is 0.292. The zero-order valence-electron chi connectivity index (χ0n) is 17.2. The van der Waals surface area contributed by atoms with Crippen molar-refractivity contribution < 1.29 is 0 Å². The van der Waals surface area contributed by atoms with Crippen LogP contribution < -0.4 is 5.32 Å². The number of thioether (sulfide) groups is 1. The maximum absolute atomic E-state index is 7.63. The van der Waals surface area contributed by atoms with Crippen molar-refractivity contribution in [2.75, 3.05) is 32.6 Å². The van der Waals surface area contributed by atoms with Gasteiger partial charge in [-0.05, 0) is 75.4 Å². The van der Waals surface area contributed by atoms with Crippen LogP contribution in [0.25, 0.3) is 0 Å². The van der Waals surface area contributed by atoms with Crippen molar-refractivity contribution in [2.24, 2.45) is 17.8 Å². The molecule has 1 aliphatic carbocycles. The van der Waals surface area contributed by atoms with E-state index >= 15 is 0 Å². The number of hydrogen-bond acceptors (Lipinski definition) is 4. The maximum Gasteiger partial charge on any atom is 0.0477 e. The highest BCUT2D eigenvalue weighted by atomic mass is 32.2. The van der Waals surface area contributed by atoms with Gasteiger partial charge in [0.25, 0.3) is 0 Å². The van der Waals surface area contributed by atoms with Crippen LogP contribution in [-0.4, -0.2) is 43.2 Å². The van der Waals surface area contributed by atoms with Gasteiger partial charge >= 0.3 is 0 Å². The summed E-state index contributed by atoms with van der Waals surface area (Å²) in [6.07, 6.45) is 9.81. The van der Waals surface area contributed by atoms with Gasteiger partial charge in [-0.2, -0.15) is 0 Å². The Balaban J connectivity index is 2.39. The van der Waals surface area contributed by atoms with Crippen LogP contribution in [0.5, 0.6) is 0 Å². The van der Waals surface area contributed by atoms with Gasteiger partial charge in [-0.1, -0.05) is 39.7 Å². The lowest BCUT2D eigenvalue weighted by atomic mass is 10.0. The fourth-order valence-electron chi connectivity index (χ4n) is 3.35. The SMILES string of the molecule is CCCCC=C(SCCC(C)=N)C1CC1C(C)CNCN(C)CCC. The Morgan fingerprint density at radius 3 is 2.76 bits per heavy atom. The van der Waals surface area contributed by atoms with E-state index in [0.29, 0.717) is 0 Å². The van der Waals surface area contributed by atoms with Crippen molar-refractivity contribution in [1.29, 1.82) is 5.41 Å². The highest BCUT2D eigenvalue weighted by Crippen LogP contribution is 2.52. The van der Waals surface area contributed by atoms with Crippen molar-refractivity contribution in [2.45, 2.75) is 66.2 Å². The summed E-state index contributed by atoms with van der Waals surface area (Å²) in [6, 6.07) is 0. The minimum Gasteiger partial charge on any atom is -0.310 e. The van der Waals surface area contributed by atoms with Crippen LogP contribution in [0.2, 0.25) is 0 Å². The van der Waals surface area contributed by atoms with Gasteiger partial charge in [0.15, 0.2) is 0 Å². The quantitative estimate of drug-likeness (QED) is 0.232. The molecule has 1 saturated carbocycles. The average Bonchev–Trinajstić information content (AvgIpc) is 3.34. The van der Waals surface area contributed by atoms with Gasteiger partial charge in [0, 0.05) is 18.1 Å². The molecule has 0 aromatic heterocycles. The van der Waals surface area contributed by atoms with Crippen molar-refractivity contribution >= 4 is 17.5 Å². The smallest absolute Gasteiger partial charge is 0.0477 e. The summed E-state index contributed by atoms with van der Waals surface area (Å²) in [5.74, 6) is 3.47. The second kappa shape index (κ2) is 12.9. The molecule has 146 valence electrons. The number of rotatable bonds is 15. The summed E-state index contributed by atoms with van der Waals surface area (Å²) >= 11 is 2.02. The van der Waals surface area contributed by atoms with E-state index in [2.05, 4.69) is 44.1 Å². The molecule has 0 radical (unpaired) electrons. The number of unbranched alkanes of at least 4 members (excludes halogenated alkanes) is 2. The summed E-state index contributed by atoms with van der Waals surface area (Å²) < 4.78 is 0. The second-order valence-electron chi connectivity index (χ2n) is 7.80. The average molecular weight is 368 g/mol. The summed E-state index contributed by atoms with van der Waals surface area (Å²) in [7, 11) is 2.19. The summed E-state index contributed by atoms with van der Waals surface area (Å²) in [5, 5.41) is 11.3. The lowest BCUT2D eigenvalue weighted by Gasteiger charge is -2.19. The lowest BCUT2D eigenvalue weighted by Crippen LogP contribution is -2.34. The van der Waals surface area contributed by atoms with Crippen LogP contribution in [-0.2, 0) is 0 Å². The Labute approximate surface area is 160 Å². The normalized spacial score (nSPS) is 21.6. The van der Waals surface area contributed by atoms with E-state index in [9.17, 15) is 0 Å². The Hall–Kier alpha value is -0.320. The molecule has 2 N–H and O–H groups in total. The predicted octanol–water partition coefficient (Wildman–Crippen LogP) is 5.38. The standard InChI is InChI=1S/C21H41N3S/c1-6-8-9-10-21(25-13-11-18(4)22)20-14-19(20)17(3)15-23-16-24(5)12-7-2/h10,17,19-20,22-23H,6-9,11-16H2,1-5H3. The second-order valence-corrected chi connectivity index (χ2v) is 8.97. The van der Waals surface area contributed by atoms with Gasteiger partial charge in [-0.3, -0.25) is 4.90 Å². The number of nitrogens with one attached hydrogen (secondary N) is 2. The number of hydrogen-bond donors (Lipinski definition) is 2. The number of allylic oxidation sites excluding steroid dienone is 2. The molecular weight excluding hydrogens is 326 g/mol. The maximum atomic E-state index is 7.63. The molecule has 4 heteroatoms. The van der Waals surface area contributed by atoms with E-state index in [1.807, 2.05) is 18.7 Å². The monoisotopic (exact) mass is 367 g/mol. The van der Waals surface area contributed by atoms with E-state index in [-0.39, 0.29) is 0 Å². The van der Waals surface area contributed by atoms with E-state index < -0.39 is 0 Å². The highest BCUT2D eigenvalue weighted by Gasteiger charge is 2.42. The molecule has 3 unspecified atom stereocenters. The van der Waals surface area contributed by atoms with Crippen LogP contribution in [0.1, 0.15) is 66.2 Å². The third-order valence-corrected chi connectivity index (χ3v) is 6.25. The number of nitrogens with zero attached hydrogens (tertiary/aromatic N) is 1. The minimum absolute atomic E-state index is 0.750. The minimum atomic E-state index is 0.750. The van der Waals surface area contributed by atoms with E-state index in [1.165, 1.54) is 38.6 Å². The van der Waals surface area contributed by atoms with Crippen molar-refractivity contribution in [3.63, 3.8) is 0 Å². The molecule has 1 aliphatic rings. The summed E-state index contributed by atoms with van der Waals surface area (Å²) in [5.41, 5.74) is 0.807. The van der Waals surface area contributed by atoms with Gasteiger partial charge in [0.2, 0.25) is 0 Å². The fraction of sp³-hybridized carbons (Fsp3) is 0.857.